The molecule has 0 aromatic carbocycles. The molecule has 0 bridgehead atoms. The van der Waals surface area contributed by atoms with E-state index in [9.17, 15) is 19.2 Å². The van der Waals surface area contributed by atoms with Crippen LogP contribution in [0.5, 0.6) is 0 Å². The lowest BCUT2D eigenvalue weighted by atomic mass is 9.97. The van der Waals surface area contributed by atoms with Crippen molar-refractivity contribution < 1.29 is 33.4 Å². The Kier molecular flexibility index (Phi) is 13.3. The van der Waals surface area contributed by atoms with Crippen LogP contribution in [0.15, 0.2) is 0 Å². The van der Waals surface area contributed by atoms with Gasteiger partial charge in [0.15, 0.2) is 0 Å². The molecule has 1 saturated heterocycles. The number of rotatable bonds is 13. The van der Waals surface area contributed by atoms with Gasteiger partial charge in [-0.1, -0.05) is 20.3 Å². The number of thiol groups is 1. The van der Waals surface area contributed by atoms with Gasteiger partial charge in [0.2, 0.25) is 6.79 Å². The number of thioether (sulfide) groups is 1. The number of carbonyl (C=O) groups is 4. The van der Waals surface area contributed by atoms with Crippen molar-refractivity contribution in [2.24, 2.45) is 11.8 Å². The van der Waals surface area contributed by atoms with Crippen LogP contribution in [0.4, 0.5) is 4.79 Å². The molecule has 0 saturated carbocycles. The van der Waals surface area contributed by atoms with Crippen LogP contribution in [0.1, 0.15) is 59.8 Å². The summed E-state index contributed by atoms with van der Waals surface area (Å²) in [5.74, 6) is -2.05. The third-order valence-electron chi connectivity index (χ3n) is 5.16. The number of nitrogens with zero attached hydrogens (tertiary/aromatic N) is 1. The number of hydrogen-bond acceptors (Lipinski definition) is 10. The maximum Gasteiger partial charge on any atom is 0.371 e. The standard InChI is InChI=1S/C22H37NO7S2/c1-16(2)19(25)29-15-30-21(27)32-22(3,4)18(24)13-17(14-31)20(26)28-12-8-11-23-9-6-5-7-10-23/h16-17,31H,5-15H2,1-4H3/t17-/m0/s1. The molecule has 1 atom stereocenters. The molecule has 10 heteroatoms. The van der Waals surface area contributed by atoms with Crippen LogP contribution < -0.4 is 0 Å². The molecule has 0 spiro atoms. The molecular formula is C22H37NO7S2. The van der Waals surface area contributed by atoms with Crippen LogP contribution >= 0.6 is 24.4 Å². The lowest BCUT2D eigenvalue weighted by Gasteiger charge is -2.26. The van der Waals surface area contributed by atoms with Crippen LogP contribution in [-0.2, 0) is 28.6 Å². The smallest absolute Gasteiger partial charge is 0.371 e. The highest BCUT2D eigenvalue weighted by Crippen LogP contribution is 2.30. The Hall–Kier alpha value is -1.26. The molecule has 0 aromatic heterocycles. The minimum absolute atomic E-state index is 0.0793. The maximum atomic E-state index is 12.7. The van der Waals surface area contributed by atoms with Gasteiger partial charge in [0, 0.05) is 18.7 Å². The zero-order valence-corrected chi connectivity index (χ0v) is 21.3. The first-order chi connectivity index (χ1) is 15.1. The molecule has 184 valence electrons. The van der Waals surface area contributed by atoms with Gasteiger partial charge in [-0.2, -0.15) is 12.6 Å². The van der Waals surface area contributed by atoms with Gasteiger partial charge in [-0.3, -0.25) is 14.4 Å². The highest BCUT2D eigenvalue weighted by atomic mass is 32.2. The Bertz CT molecular complexity index is 634. The molecule has 0 amide bonds. The van der Waals surface area contributed by atoms with Crippen LogP contribution in [0.25, 0.3) is 0 Å². The lowest BCUT2D eigenvalue weighted by Crippen LogP contribution is -2.34. The van der Waals surface area contributed by atoms with Gasteiger partial charge in [-0.15, -0.1) is 0 Å². The van der Waals surface area contributed by atoms with E-state index in [1.54, 1.807) is 27.7 Å². The largest absolute Gasteiger partial charge is 0.465 e. The molecule has 0 unspecified atom stereocenters. The van der Waals surface area contributed by atoms with E-state index >= 15 is 0 Å². The summed E-state index contributed by atoms with van der Waals surface area (Å²) < 4.78 is 13.9. The Morgan fingerprint density at radius 3 is 2.25 bits per heavy atom. The van der Waals surface area contributed by atoms with Crippen molar-refractivity contribution in [2.75, 3.05) is 38.8 Å². The van der Waals surface area contributed by atoms with Crippen LogP contribution in [0.3, 0.4) is 0 Å². The summed E-state index contributed by atoms with van der Waals surface area (Å²) in [6.07, 6.45) is 4.39. The van der Waals surface area contributed by atoms with E-state index in [0.29, 0.717) is 18.4 Å². The van der Waals surface area contributed by atoms with E-state index in [2.05, 4.69) is 17.5 Å². The van der Waals surface area contributed by atoms with E-state index in [1.807, 2.05) is 0 Å². The minimum atomic E-state index is -1.12. The third kappa shape index (κ3) is 11.0. The number of likely N-dealkylation sites (tertiary alicyclic amines) is 1. The monoisotopic (exact) mass is 491 g/mol. The summed E-state index contributed by atoms with van der Waals surface area (Å²) in [6, 6.07) is 0. The molecule has 1 fully saturated rings. The molecule has 1 heterocycles. The third-order valence-corrected chi connectivity index (χ3v) is 6.62. The van der Waals surface area contributed by atoms with Gasteiger partial charge < -0.3 is 19.1 Å². The second-order valence-corrected chi connectivity index (χ2v) is 10.6. The Balaban J connectivity index is 2.38. The SMILES string of the molecule is CC(C)C(=O)OCOC(=O)SC(C)(C)C(=O)C[C@@H](CS)C(=O)OCCCN1CCCCC1. The summed E-state index contributed by atoms with van der Waals surface area (Å²) in [5.41, 5.74) is 0. The van der Waals surface area contributed by atoms with E-state index in [-0.39, 0.29) is 23.9 Å². The van der Waals surface area contributed by atoms with E-state index in [0.717, 1.165) is 26.1 Å². The highest BCUT2D eigenvalue weighted by Gasteiger charge is 2.35. The number of ketones is 1. The summed E-state index contributed by atoms with van der Waals surface area (Å²) in [5, 5.41) is -0.734. The van der Waals surface area contributed by atoms with Crippen molar-refractivity contribution in [1.29, 1.82) is 0 Å². The predicted octanol–water partition coefficient (Wildman–Crippen LogP) is 3.72. The van der Waals surface area contributed by atoms with Crippen molar-refractivity contribution in [3.63, 3.8) is 0 Å². The molecule has 0 aromatic rings. The zero-order valence-electron chi connectivity index (χ0n) is 19.6. The Morgan fingerprint density at radius 1 is 1.00 bits per heavy atom. The fourth-order valence-electron chi connectivity index (χ4n) is 3.05. The highest BCUT2D eigenvalue weighted by molar-refractivity contribution is 8.15. The van der Waals surface area contributed by atoms with Crippen molar-refractivity contribution in [2.45, 2.75) is 64.5 Å². The summed E-state index contributed by atoms with van der Waals surface area (Å²) in [4.78, 5) is 50.9. The maximum absolute atomic E-state index is 12.7. The topological polar surface area (TPSA) is 99.2 Å². The molecule has 1 rings (SSSR count). The van der Waals surface area contributed by atoms with Crippen molar-refractivity contribution in [3.8, 4) is 0 Å². The fraction of sp³-hybridized carbons (Fsp3) is 0.818. The predicted molar refractivity (Wildman–Crippen MR) is 127 cm³/mol. The quantitative estimate of drug-likeness (QED) is 0.179. The number of carbonyl (C=O) groups excluding carboxylic acids is 4. The first-order valence-corrected chi connectivity index (χ1v) is 12.6. The second kappa shape index (κ2) is 14.8. The van der Waals surface area contributed by atoms with Gasteiger partial charge in [-0.05, 0) is 58.0 Å². The van der Waals surface area contributed by atoms with Crippen molar-refractivity contribution in [3.05, 3.63) is 0 Å². The van der Waals surface area contributed by atoms with Gasteiger partial charge >= 0.3 is 17.2 Å². The average Bonchev–Trinajstić information content (AvgIpc) is 2.74. The number of ether oxygens (including phenoxy) is 3. The second-order valence-electron chi connectivity index (χ2n) is 8.67. The van der Waals surface area contributed by atoms with Crippen LogP contribution in [0.2, 0.25) is 0 Å². The lowest BCUT2D eigenvalue weighted by molar-refractivity contribution is -0.155. The molecule has 0 aliphatic carbocycles. The van der Waals surface area contributed by atoms with Crippen molar-refractivity contribution in [1.82, 2.24) is 4.90 Å². The van der Waals surface area contributed by atoms with Gasteiger partial charge in [-0.25, -0.2) is 4.79 Å². The normalized spacial score (nSPS) is 15.8. The molecular weight excluding hydrogens is 454 g/mol. The molecule has 8 nitrogen and oxygen atoms in total. The number of hydrogen-bond donors (Lipinski definition) is 1. The molecule has 0 N–H and O–H groups in total. The zero-order chi connectivity index (χ0) is 24.1. The van der Waals surface area contributed by atoms with Gasteiger partial charge in [0.05, 0.1) is 23.2 Å². The van der Waals surface area contributed by atoms with Crippen LogP contribution in [0, 0.1) is 11.8 Å². The minimum Gasteiger partial charge on any atom is -0.465 e. The fourth-order valence-corrected chi connectivity index (χ4v) is 4.05. The van der Waals surface area contributed by atoms with Gasteiger partial charge in [0.25, 0.3) is 0 Å². The van der Waals surface area contributed by atoms with Gasteiger partial charge in [0.1, 0.15) is 5.78 Å². The van der Waals surface area contributed by atoms with Crippen molar-refractivity contribution >= 4 is 47.4 Å². The Morgan fingerprint density at radius 2 is 1.66 bits per heavy atom. The molecule has 1 aliphatic heterocycles. The summed E-state index contributed by atoms with van der Waals surface area (Å²) >= 11 is 4.88. The Labute approximate surface area is 200 Å². The van der Waals surface area contributed by atoms with E-state index in [4.69, 9.17) is 14.2 Å². The van der Waals surface area contributed by atoms with Crippen LogP contribution in [-0.4, -0.2) is 71.5 Å². The molecule has 32 heavy (non-hydrogen) atoms. The molecule has 1 aliphatic rings. The number of piperidine rings is 1. The first kappa shape index (κ1) is 28.8. The average molecular weight is 492 g/mol. The number of esters is 2. The first-order valence-electron chi connectivity index (χ1n) is 11.1. The number of Topliss-reactive ketones (excluding diaryl/α,β-unsaturated/α-hetero) is 1. The summed E-state index contributed by atoms with van der Waals surface area (Å²) in [6.45, 7) is 9.39. The van der Waals surface area contributed by atoms with E-state index < -0.39 is 34.7 Å². The summed E-state index contributed by atoms with van der Waals surface area (Å²) in [7, 11) is 0. The molecule has 0 radical (unpaired) electrons. The van der Waals surface area contributed by atoms with E-state index in [1.165, 1.54) is 19.3 Å².